The standard InChI is InChI=1S/C48H82O41/c49-1-9-17(55)20(58)29(67)42(78-9)75-7-15-18(56)21(59)30(68)44(83-15)87-39-13(5-53)81-48(34(72)26(39)64)89-40-14(6-54)82-47(35(73)27(40)65)88-37-11(3-51)79-43(32(70)24(37)62)76-8-16-19(57)22(60)31(69)45(84-16)86-38-12(4-52)80-46(33(71)25(38)63)85-36-10(2-50)77-41(74)28(66)23(36)61/h9-74H,1-8H2/t9-,10-,11-,12-,13-,14-,15-,16-,17-,18-,19-,20+,21+,22+,23-,24-,25-,26-,27-,28-,29-,30-,31-,32-,33-,34-,35-,36-,37-,38-,39-,40-,41?,42+,43+,44-,45-,46-,47-,48-/m1/s1. The first-order valence-corrected chi connectivity index (χ1v) is 28.2. The Balaban J connectivity index is 0.841. The molecule has 8 fully saturated rings. The summed E-state index contributed by atoms with van der Waals surface area (Å²) < 4.78 is 83.1. The zero-order valence-corrected chi connectivity index (χ0v) is 46.5. The molecule has 8 heterocycles. The van der Waals surface area contributed by atoms with Crippen LogP contribution in [-0.4, -0.2) is 431 Å². The van der Waals surface area contributed by atoms with Crippen LogP contribution in [0.3, 0.4) is 0 Å². The van der Waals surface area contributed by atoms with E-state index < -0.39 is 299 Å². The lowest BCUT2D eigenvalue weighted by Crippen LogP contribution is -2.67. The fourth-order valence-electron chi connectivity index (χ4n) is 11.3. The molecule has 8 aliphatic rings. The van der Waals surface area contributed by atoms with Crippen LogP contribution in [0.2, 0.25) is 0 Å². The van der Waals surface area contributed by atoms with Gasteiger partial charge >= 0.3 is 0 Å². The first kappa shape index (κ1) is 73.2. The van der Waals surface area contributed by atoms with Crippen molar-refractivity contribution in [2.75, 3.05) is 52.9 Å². The van der Waals surface area contributed by atoms with E-state index in [9.17, 15) is 133 Å². The normalized spacial score (nSPS) is 53.6. The van der Waals surface area contributed by atoms with Crippen LogP contribution < -0.4 is 0 Å². The Kier molecular flexibility index (Phi) is 25.9. The molecule has 8 aliphatic heterocycles. The van der Waals surface area contributed by atoms with Crippen molar-refractivity contribution in [3.05, 3.63) is 0 Å². The molecule has 520 valence electrons. The van der Waals surface area contributed by atoms with Crippen LogP contribution in [0.1, 0.15) is 0 Å². The van der Waals surface area contributed by atoms with E-state index in [1.807, 2.05) is 0 Å². The SMILES string of the molecule is OC[C@H]1O[C@H](OC[C@H]2O[C@H](O[C@H]3[C@H](O)[C@@H](O)[C@@H](O[C@H]4[C@H](O)[C@@H](O)[C@@H](O[C@H]5[C@H](O)[C@@H](O)[C@@H](OC[C@H]6O[C@H](O[C@H]7[C@H](O)[C@@H](O)[C@@H](O[C@H]8[C@H](O)[C@@H](O)C(O)O[C@@H]8CO)O[C@@H]7CO)[C@H](O)[C@@H](O)[C@@H]6O)O[C@@H]5CO)O[C@@H]4CO)O[C@@H]3CO)[C@H](O)[C@@H](O)[C@@H]2O)[C@H](O)[C@@H](O)[C@@H]1O. The number of hydrogen-bond donors (Lipinski definition) is 26. The monoisotopic (exact) mass is 1310 g/mol. The van der Waals surface area contributed by atoms with Gasteiger partial charge in [-0.3, -0.25) is 0 Å². The van der Waals surface area contributed by atoms with Gasteiger partial charge in [0.2, 0.25) is 0 Å². The van der Waals surface area contributed by atoms with E-state index in [0.717, 1.165) is 0 Å². The maximum absolute atomic E-state index is 11.4. The molecular formula is C48H82O41. The Labute approximate surface area is 501 Å². The molecule has 89 heavy (non-hydrogen) atoms. The minimum atomic E-state index is -2.25. The molecule has 40 atom stereocenters. The van der Waals surface area contributed by atoms with Gasteiger partial charge in [0.1, 0.15) is 195 Å². The predicted molar refractivity (Wildman–Crippen MR) is 264 cm³/mol. The van der Waals surface area contributed by atoms with Gasteiger partial charge in [0.25, 0.3) is 0 Å². The highest BCUT2D eigenvalue weighted by Gasteiger charge is 2.58. The van der Waals surface area contributed by atoms with Gasteiger partial charge in [-0.15, -0.1) is 0 Å². The van der Waals surface area contributed by atoms with Gasteiger partial charge in [-0.25, -0.2) is 0 Å². The Bertz CT molecular complexity index is 2120. The summed E-state index contributed by atoms with van der Waals surface area (Å²) >= 11 is 0. The maximum Gasteiger partial charge on any atom is 0.187 e. The molecule has 1 unspecified atom stereocenters. The summed E-state index contributed by atoms with van der Waals surface area (Å²) in [4.78, 5) is 0. The Morgan fingerprint density at radius 2 is 0.393 bits per heavy atom. The van der Waals surface area contributed by atoms with E-state index in [0.29, 0.717) is 0 Å². The van der Waals surface area contributed by atoms with Gasteiger partial charge in [-0.2, -0.15) is 0 Å². The van der Waals surface area contributed by atoms with Gasteiger partial charge < -0.3 is 204 Å². The summed E-state index contributed by atoms with van der Waals surface area (Å²) in [6.07, 6.45) is -77.6. The van der Waals surface area contributed by atoms with Gasteiger partial charge in [-0.05, 0) is 0 Å². The molecule has 0 aromatic carbocycles. The molecule has 0 amide bonds. The van der Waals surface area contributed by atoms with Gasteiger partial charge in [-0.1, -0.05) is 0 Å². The summed E-state index contributed by atoms with van der Waals surface area (Å²) in [5.74, 6) is 0. The van der Waals surface area contributed by atoms with Crippen LogP contribution in [0.4, 0.5) is 0 Å². The van der Waals surface area contributed by atoms with Crippen molar-refractivity contribution in [2.45, 2.75) is 246 Å². The Morgan fingerprint density at radius 1 is 0.191 bits per heavy atom. The lowest BCUT2D eigenvalue weighted by atomic mass is 9.95. The van der Waals surface area contributed by atoms with Crippen LogP contribution in [0.5, 0.6) is 0 Å². The van der Waals surface area contributed by atoms with Crippen LogP contribution in [-0.2, 0) is 71.1 Å². The number of hydrogen-bond acceptors (Lipinski definition) is 41. The van der Waals surface area contributed by atoms with Crippen LogP contribution in [0, 0.1) is 0 Å². The van der Waals surface area contributed by atoms with Crippen molar-refractivity contribution in [1.29, 1.82) is 0 Å². The summed E-state index contributed by atoms with van der Waals surface area (Å²) in [5, 5.41) is 276. The minimum Gasteiger partial charge on any atom is -0.394 e. The average molecular weight is 1320 g/mol. The fourth-order valence-corrected chi connectivity index (χ4v) is 11.3. The zero-order valence-electron chi connectivity index (χ0n) is 46.5. The van der Waals surface area contributed by atoms with Gasteiger partial charge in [0, 0.05) is 0 Å². The van der Waals surface area contributed by atoms with Crippen molar-refractivity contribution in [1.82, 2.24) is 0 Å². The first-order chi connectivity index (χ1) is 42.2. The molecule has 8 saturated heterocycles. The third kappa shape index (κ3) is 15.3. The van der Waals surface area contributed by atoms with Gasteiger partial charge in [0.05, 0.1) is 52.9 Å². The smallest absolute Gasteiger partial charge is 0.187 e. The molecule has 26 N–H and O–H groups in total. The zero-order chi connectivity index (χ0) is 65.4. The van der Waals surface area contributed by atoms with Crippen LogP contribution >= 0.6 is 0 Å². The third-order valence-electron chi connectivity index (χ3n) is 16.6. The Morgan fingerprint density at radius 3 is 0.685 bits per heavy atom. The van der Waals surface area contributed by atoms with E-state index >= 15 is 0 Å². The molecule has 8 rings (SSSR count). The van der Waals surface area contributed by atoms with Crippen molar-refractivity contribution in [3.8, 4) is 0 Å². The molecular weight excluding hydrogens is 1230 g/mol. The van der Waals surface area contributed by atoms with Crippen molar-refractivity contribution in [2.24, 2.45) is 0 Å². The predicted octanol–water partition coefficient (Wildman–Crippen LogP) is -18.5. The summed E-state index contributed by atoms with van der Waals surface area (Å²) in [6.45, 7) is -7.59. The highest BCUT2D eigenvalue weighted by Crippen LogP contribution is 2.37. The summed E-state index contributed by atoms with van der Waals surface area (Å²) in [5.41, 5.74) is 0. The minimum absolute atomic E-state index is 0.783. The van der Waals surface area contributed by atoms with E-state index in [1.165, 1.54) is 0 Å². The molecule has 0 aliphatic carbocycles. The molecule has 41 nitrogen and oxygen atoms in total. The second-order valence-electron chi connectivity index (χ2n) is 22.5. The highest BCUT2D eigenvalue weighted by molar-refractivity contribution is 5.01. The van der Waals surface area contributed by atoms with Gasteiger partial charge in [0.15, 0.2) is 50.3 Å². The summed E-state index contributed by atoms with van der Waals surface area (Å²) in [6, 6.07) is 0. The molecule has 0 aromatic rings. The van der Waals surface area contributed by atoms with E-state index in [-0.39, 0.29) is 0 Å². The third-order valence-corrected chi connectivity index (χ3v) is 16.6. The number of rotatable bonds is 22. The average Bonchev–Trinajstić information content (AvgIpc) is 3.73. The molecule has 0 radical (unpaired) electrons. The van der Waals surface area contributed by atoms with E-state index in [4.69, 9.17) is 71.1 Å². The second kappa shape index (κ2) is 31.5. The number of ether oxygens (including phenoxy) is 15. The maximum atomic E-state index is 11.4. The molecule has 0 aromatic heterocycles. The molecule has 0 bridgehead atoms. The second-order valence-corrected chi connectivity index (χ2v) is 22.5. The topological polar surface area (TPSA) is 664 Å². The summed E-state index contributed by atoms with van der Waals surface area (Å²) in [7, 11) is 0. The molecule has 0 saturated carbocycles. The lowest BCUT2D eigenvalue weighted by Gasteiger charge is -2.49. The van der Waals surface area contributed by atoms with E-state index in [1.54, 1.807) is 0 Å². The molecule has 0 spiro atoms. The molecule has 41 heteroatoms. The Hall–Kier alpha value is -1.64. The fraction of sp³-hybridized carbons (Fsp3) is 1.00. The number of aliphatic hydroxyl groups excluding tert-OH is 26. The first-order valence-electron chi connectivity index (χ1n) is 28.2. The van der Waals surface area contributed by atoms with Crippen molar-refractivity contribution in [3.63, 3.8) is 0 Å². The highest BCUT2D eigenvalue weighted by atomic mass is 16.8. The van der Waals surface area contributed by atoms with Crippen LogP contribution in [0.25, 0.3) is 0 Å². The van der Waals surface area contributed by atoms with Crippen LogP contribution in [0.15, 0.2) is 0 Å². The van der Waals surface area contributed by atoms with Crippen molar-refractivity contribution < 1.29 is 204 Å². The lowest BCUT2D eigenvalue weighted by molar-refractivity contribution is -0.391. The quantitative estimate of drug-likeness (QED) is 0.0479. The van der Waals surface area contributed by atoms with E-state index in [2.05, 4.69) is 0 Å². The van der Waals surface area contributed by atoms with Crippen molar-refractivity contribution >= 4 is 0 Å². The number of aliphatic hydroxyl groups is 26. The largest absolute Gasteiger partial charge is 0.394 e.